The molecule has 1 heterocycles. The molecule has 1 aromatic carbocycles. The Bertz CT molecular complexity index is 565. The molecule has 0 fully saturated rings. The van der Waals surface area contributed by atoms with Crippen LogP contribution in [0.2, 0.25) is 0 Å². The second kappa shape index (κ2) is 6.17. The molecule has 2 aromatic rings. The third-order valence-corrected chi connectivity index (χ3v) is 3.97. The van der Waals surface area contributed by atoms with Gasteiger partial charge in [-0.3, -0.25) is 4.79 Å². The number of rotatable bonds is 4. The highest BCUT2D eigenvalue weighted by atomic mass is 35.5. The summed E-state index contributed by atoms with van der Waals surface area (Å²) in [5.41, 5.74) is 1.69. The summed E-state index contributed by atoms with van der Waals surface area (Å²) in [5.74, 6) is 0.469. The van der Waals surface area contributed by atoms with Crippen molar-refractivity contribution in [1.29, 1.82) is 0 Å². The lowest BCUT2D eigenvalue weighted by atomic mass is 10.1. The van der Waals surface area contributed by atoms with Crippen LogP contribution in [0.4, 0.5) is 0 Å². The minimum Gasteiger partial charge on any atom is -0.337 e. The molecule has 0 unspecified atom stereocenters. The summed E-state index contributed by atoms with van der Waals surface area (Å²) in [4.78, 5) is 19.2. The zero-order valence-corrected chi connectivity index (χ0v) is 12.5. The molecule has 0 saturated carbocycles. The molecule has 3 nitrogen and oxygen atoms in total. The first kappa shape index (κ1) is 14.0. The van der Waals surface area contributed by atoms with Gasteiger partial charge < -0.3 is 4.90 Å². The molecule has 0 atom stereocenters. The van der Waals surface area contributed by atoms with E-state index in [0.29, 0.717) is 18.0 Å². The largest absolute Gasteiger partial charge is 0.337 e. The van der Waals surface area contributed by atoms with E-state index in [9.17, 15) is 4.79 Å². The Labute approximate surface area is 121 Å². The predicted octanol–water partition coefficient (Wildman–Crippen LogP) is 3.46. The second-order valence-electron chi connectivity index (χ2n) is 4.34. The molecule has 2 rings (SSSR count). The van der Waals surface area contributed by atoms with Crippen LogP contribution >= 0.6 is 22.9 Å². The van der Waals surface area contributed by atoms with Crippen molar-refractivity contribution < 1.29 is 4.79 Å². The Morgan fingerprint density at radius 3 is 2.58 bits per heavy atom. The average molecular weight is 295 g/mol. The minimum atomic E-state index is 0.00664. The van der Waals surface area contributed by atoms with Crippen LogP contribution in [0.5, 0.6) is 0 Å². The van der Waals surface area contributed by atoms with Crippen LogP contribution in [0.25, 0.3) is 0 Å². The van der Waals surface area contributed by atoms with E-state index < -0.39 is 0 Å². The maximum atomic E-state index is 12.2. The van der Waals surface area contributed by atoms with E-state index in [1.165, 1.54) is 0 Å². The molecule has 1 amide bonds. The highest BCUT2D eigenvalue weighted by Gasteiger charge is 2.12. The molecule has 0 spiro atoms. The third kappa shape index (κ3) is 3.55. The Morgan fingerprint density at radius 2 is 2.05 bits per heavy atom. The van der Waals surface area contributed by atoms with Gasteiger partial charge in [0.15, 0.2) is 0 Å². The van der Waals surface area contributed by atoms with Crippen LogP contribution in [-0.2, 0) is 12.4 Å². The summed E-state index contributed by atoms with van der Waals surface area (Å²) in [6, 6.07) is 7.39. The molecule has 0 aliphatic heterocycles. The standard InChI is InChI=1S/C14H15ClN2OS/c1-10-16-8-13(19-10)9-17(2)14(18)12-5-3-11(7-15)4-6-12/h3-6,8H,7,9H2,1-2H3. The van der Waals surface area contributed by atoms with Gasteiger partial charge in [0, 0.05) is 29.6 Å². The van der Waals surface area contributed by atoms with E-state index in [1.54, 1.807) is 23.3 Å². The molecule has 100 valence electrons. The summed E-state index contributed by atoms with van der Waals surface area (Å²) in [6.07, 6.45) is 1.82. The van der Waals surface area contributed by atoms with Crippen LogP contribution in [0.3, 0.4) is 0 Å². The monoisotopic (exact) mass is 294 g/mol. The third-order valence-electron chi connectivity index (χ3n) is 2.76. The number of alkyl halides is 1. The van der Waals surface area contributed by atoms with Gasteiger partial charge in [0.05, 0.1) is 11.6 Å². The van der Waals surface area contributed by atoms with Gasteiger partial charge in [0.2, 0.25) is 0 Å². The molecular formula is C14H15ClN2OS. The molecule has 0 aliphatic rings. The van der Waals surface area contributed by atoms with Gasteiger partial charge in [-0.05, 0) is 24.6 Å². The Kier molecular flexibility index (Phi) is 4.56. The van der Waals surface area contributed by atoms with Crippen LogP contribution in [0.1, 0.15) is 25.8 Å². The summed E-state index contributed by atoms with van der Waals surface area (Å²) >= 11 is 7.34. The summed E-state index contributed by atoms with van der Waals surface area (Å²) in [5, 5.41) is 1.02. The van der Waals surface area contributed by atoms with Gasteiger partial charge in [-0.15, -0.1) is 22.9 Å². The first-order valence-electron chi connectivity index (χ1n) is 5.92. The Balaban J connectivity index is 2.05. The van der Waals surface area contributed by atoms with Crippen LogP contribution < -0.4 is 0 Å². The summed E-state index contributed by atoms with van der Waals surface area (Å²) in [6.45, 7) is 2.54. The fourth-order valence-electron chi connectivity index (χ4n) is 1.74. The Morgan fingerprint density at radius 1 is 1.37 bits per heavy atom. The number of hydrogen-bond acceptors (Lipinski definition) is 3. The van der Waals surface area contributed by atoms with Crippen LogP contribution in [-0.4, -0.2) is 22.8 Å². The highest BCUT2D eigenvalue weighted by molar-refractivity contribution is 7.11. The van der Waals surface area contributed by atoms with Crippen molar-refractivity contribution >= 4 is 28.8 Å². The first-order valence-corrected chi connectivity index (χ1v) is 7.27. The van der Waals surface area contributed by atoms with Gasteiger partial charge in [-0.2, -0.15) is 0 Å². The van der Waals surface area contributed by atoms with Crippen molar-refractivity contribution in [3.63, 3.8) is 0 Å². The lowest BCUT2D eigenvalue weighted by Crippen LogP contribution is -2.25. The number of aryl methyl sites for hydroxylation is 1. The van der Waals surface area contributed by atoms with E-state index in [4.69, 9.17) is 11.6 Å². The Hall–Kier alpha value is -1.39. The van der Waals surface area contributed by atoms with Gasteiger partial charge in [0.25, 0.3) is 5.91 Å². The maximum Gasteiger partial charge on any atom is 0.253 e. The summed E-state index contributed by atoms with van der Waals surface area (Å²) < 4.78 is 0. The van der Waals surface area contributed by atoms with E-state index >= 15 is 0 Å². The van der Waals surface area contributed by atoms with E-state index in [-0.39, 0.29) is 5.91 Å². The molecule has 0 radical (unpaired) electrons. The molecule has 0 N–H and O–H groups in total. The predicted molar refractivity (Wildman–Crippen MR) is 78.6 cm³/mol. The second-order valence-corrected chi connectivity index (χ2v) is 5.92. The first-order chi connectivity index (χ1) is 9.10. The van der Waals surface area contributed by atoms with Crippen molar-refractivity contribution in [2.75, 3.05) is 7.05 Å². The van der Waals surface area contributed by atoms with E-state index in [2.05, 4.69) is 4.98 Å². The molecule has 0 bridgehead atoms. The number of hydrogen-bond donors (Lipinski definition) is 0. The molecular weight excluding hydrogens is 280 g/mol. The fraction of sp³-hybridized carbons (Fsp3) is 0.286. The lowest BCUT2D eigenvalue weighted by Gasteiger charge is -2.16. The minimum absolute atomic E-state index is 0.00664. The molecule has 0 aliphatic carbocycles. The number of amides is 1. The van der Waals surface area contributed by atoms with Crippen molar-refractivity contribution in [3.05, 3.63) is 51.5 Å². The number of nitrogens with zero attached hydrogens (tertiary/aromatic N) is 2. The highest BCUT2D eigenvalue weighted by Crippen LogP contribution is 2.15. The zero-order valence-electron chi connectivity index (χ0n) is 10.9. The van der Waals surface area contributed by atoms with Gasteiger partial charge >= 0.3 is 0 Å². The topological polar surface area (TPSA) is 33.2 Å². The molecule has 1 aromatic heterocycles. The van der Waals surface area contributed by atoms with Crippen molar-refractivity contribution in [2.24, 2.45) is 0 Å². The zero-order chi connectivity index (χ0) is 13.8. The van der Waals surface area contributed by atoms with Crippen molar-refractivity contribution in [2.45, 2.75) is 19.3 Å². The van der Waals surface area contributed by atoms with Crippen molar-refractivity contribution in [3.8, 4) is 0 Å². The quantitative estimate of drug-likeness (QED) is 0.809. The van der Waals surface area contributed by atoms with Crippen LogP contribution in [0, 0.1) is 6.92 Å². The number of aromatic nitrogens is 1. The van der Waals surface area contributed by atoms with Crippen molar-refractivity contribution in [1.82, 2.24) is 9.88 Å². The van der Waals surface area contributed by atoms with E-state index in [0.717, 1.165) is 15.4 Å². The SMILES string of the molecule is Cc1ncc(CN(C)C(=O)c2ccc(CCl)cc2)s1. The smallest absolute Gasteiger partial charge is 0.253 e. The maximum absolute atomic E-state index is 12.2. The normalized spacial score (nSPS) is 10.5. The van der Waals surface area contributed by atoms with Gasteiger partial charge in [0.1, 0.15) is 0 Å². The number of carbonyl (C=O) groups is 1. The summed E-state index contributed by atoms with van der Waals surface area (Å²) in [7, 11) is 1.80. The molecule has 19 heavy (non-hydrogen) atoms. The molecule has 5 heteroatoms. The number of benzene rings is 1. The number of carbonyl (C=O) groups excluding carboxylic acids is 1. The van der Waals surface area contributed by atoms with Crippen LogP contribution in [0.15, 0.2) is 30.5 Å². The van der Waals surface area contributed by atoms with Gasteiger partial charge in [-0.1, -0.05) is 12.1 Å². The number of thiazole rings is 1. The average Bonchev–Trinajstić information content (AvgIpc) is 2.83. The molecule has 0 saturated heterocycles. The lowest BCUT2D eigenvalue weighted by molar-refractivity contribution is 0.0786. The fourth-order valence-corrected chi connectivity index (χ4v) is 2.77. The van der Waals surface area contributed by atoms with Gasteiger partial charge in [-0.25, -0.2) is 4.98 Å². The van der Waals surface area contributed by atoms with E-state index in [1.807, 2.05) is 37.4 Å². The number of halogens is 1.